The topological polar surface area (TPSA) is 76.2 Å². The summed E-state index contributed by atoms with van der Waals surface area (Å²) >= 11 is 1.55. The molecule has 2 rings (SSSR count). The standard InChI is InChI=1S/C11H12N2O3S/c1-2-7-5-6-17-10(7)11-13-12-8(16-11)3-4-9(14)15/h5-6H,2-4H2,1H3,(H,14,15). The molecule has 0 aromatic carbocycles. The first-order chi connectivity index (χ1) is 8.20. The van der Waals surface area contributed by atoms with E-state index in [4.69, 9.17) is 9.52 Å². The van der Waals surface area contributed by atoms with Crippen molar-refractivity contribution in [1.29, 1.82) is 0 Å². The zero-order valence-corrected chi connectivity index (χ0v) is 10.2. The van der Waals surface area contributed by atoms with Crippen LogP contribution in [0.3, 0.4) is 0 Å². The van der Waals surface area contributed by atoms with Gasteiger partial charge in [0.2, 0.25) is 5.89 Å². The number of carboxylic acids is 1. The van der Waals surface area contributed by atoms with E-state index in [1.54, 1.807) is 11.3 Å². The van der Waals surface area contributed by atoms with Gasteiger partial charge in [-0.15, -0.1) is 21.5 Å². The quantitative estimate of drug-likeness (QED) is 0.884. The van der Waals surface area contributed by atoms with Gasteiger partial charge in [0.15, 0.2) is 0 Å². The molecule has 90 valence electrons. The molecule has 0 bridgehead atoms. The van der Waals surface area contributed by atoms with Crippen LogP contribution in [0.5, 0.6) is 0 Å². The Morgan fingerprint density at radius 3 is 3.06 bits per heavy atom. The molecule has 2 aromatic heterocycles. The Kier molecular flexibility index (Phi) is 3.53. The molecule has 0 radical (unpaired) electrons. The molecule has 0 amide bonds. The summed E-state index contributed by atoms with van der Waals surface area (Å²) in [6.07, 6.45) is 1.19. The van der Waals surface area contributed by atoms with Crippen molar-refractivity contribution >= 4 is 17.3 Å². The summed E-state index contributed by atoms with van der Waals surface area (Å²) in [5.41, 5.74) is 1.17. The van der Waals surface area contributed by atoms with E-state index in [-0.39, 0.29) is 12.8 Å². The lowest BCUT2D eigenvalue weighted by Gasteiger charge is -1.94. The normalized spacial score (nSPS) is 10.6. The highest BCUT2D eigenvalue weighted by atomic mass is 32.1. The van der Waals surface area contributed by atoms with Crippen LogP contribution in [0.4, 0.5) is 0 Å². The molecule has 0 unspecified atom stereocenters. The number of carboxylic acid groups (broad SMARTS) is 1. The van der Waals surface area contributed by atoms with Crippen LogP contribution in [-0.4, -0.2) is 21.3 Å². The lowest BCUT2D eigenvalue weighted by atomic mass is 10.2. The number of hydrogen-bond donors (Lipinski definition) is 1. The first-order valence-electron chi connectivity index (χ1n) is 5.31. The molecule has 2 aromatic rings. The van der Waals surface area contributed by atoms with Crippen molar-refractivity contribution in [3.63, 3.8) is 0 Å². The van der Waals surface area contributed by atoms with E-state index >= 15 is 0 Å². The Bertz CT molecular complexity index is 518. The molecular weight excluding hydrogens is 240 g/mol. The minimum atomic E-state index is -0.866. The van der Waals surface area contributed by atoms with E-state index in [9.17, 15) is 4.79 Å². The predicted octanol–water partition coefficient (Wildman–Crippen LogP) is 2.38. The van der Waals surface area contributed by atoms with Crippen LogP contribution >= 0.6 is 11.3 Å². The molecule has 2 heterocycles. The van der Waals surface area contributed by atoms with Gasteiger partial charge in [-0.25, -0.2) is 0 Å². The van der Waals surface area contributed by atoms with Gasteiger partial charge in [0, 0.05) is 6.42 Å². The van der Waals surface area contributed by atoms with E-state index < -0.39 is 5.97 Å². The number of aryl methyl sites for hydroxylation is 2. The van der Waals surface area contributed by atoms with Crippen molar-refractivity contribution in [2.45, 2.75) is 26.2 Å². The number of aliphatic carboxylic acids is 1. The smallest absolute Gasteiger partial charge is 0.303 e. The van der Waals surface area contributed by atoms with E-state index in [1.807, 2.05) is 11.4 Å². The molecule has 6 heteroatoms. The number of aromatic nitrogens is 2. The minimum Gasteiger partial charge on any atom is -0.481 e. The first kappa shape index (κ1) is 11.8. The van der Waals surface area contributed by atoms with Gasteiger partial charge in [-0.2, -0.15) is 0 Å². The lowest BCUT2D eigenvalue weighted by molar-refractivity contribution is -0.137. The van der Waals surface area contributed by atoms with Gasteiger partial charge in [-0.05, 0) is 23.4 Å². The Balaban J connectivity index is 2.15. The van der Waals surface area contributed by atoms with Gasteiger partial charge in [-0.1, -0.05) is 6.92 Å². The summed E-state index contributed by atoms with van der Waals surface area (Å²) < 4.78 is 5.45. The fraction of sp³-hybridized carbons (Fsp3) is 0.364. The predicted molar refractivity (Wildman–Crippen MR) is 62.9 cm³/mol. The Hall–Kier alpha value is -1.69. The summed E-state index contributed by atoms with van der Waals surface area (Å²) in [5, 5.41) is 18.3. The molecule has 17 heavy (non-hydrogen) atoms. The number of thiophene rings is 1. The third kappa shape index (κ3) is 2.71. The Morgan fingerprint density at radius 2 is 2.35 bits per heavy atom. The Morgan fingerprint density at radius 1 is 1.53 bits per heavy atom. The van der Waals surface area contributed by atoms with Crippen molar-refractivity contribution in [2.75, 3.05) is 0 Å². The summed E-state index contributed by atoms with van der Waals surface area (Å²) in [4.78, 5) is 11.4. The van der Waals surface area contributed by atoms with Crippen LogP contribution in [0.2, 0.25) is 0 Å². The summed E-state index contributed by atoms with van der Waals surface area (Å²) in [5.74, 6) is -0.00906. The number of carbonyl (C=O) groups is 1. The zero-order valence-electron chi connectivity index (χ0n) is 9.34. The van der Waals surface area contributed by atoms with Crippen LogP contribution in [0.15, 0.2) is 15.9 Å². The van der Waals surface area contributed by atoms with Crippen LogP contribution in [0.1, 0.15) is 24.8 Å². The van der Waals surface area contributed by atoms with Gasteiger partial charge in [0.05, 0.1) is 11.3 Å². The monoisotopic (exact) mass is 252 g/mol. The van der Waals surface area contributed by atoms with E-state index in [1.165, 1.54) is 5.56 Å². The highest BCUT2D eigenvalue weighted by Crippen LogP contribution is 2.28. The molecular formula is C11H12N2O3S. The second kappa shape index (κ2) is 5.09. The number of hydrogen-bond acceptors (Lipinski definition) is 5. The average Bonchev–Trinajstić information content (AvgIpc) is 2.94. The summed E-state index contributed by atoms with van der Waals surface area (Å²) in [7, 11) is 0. The highest BCUT2D eigenvalue weighted by Gasteiger charge is 2.13. The maximum Gasteiger partial charge on any atom is 0.303 e. The molecule has 0 spiro atoms. The van der Waals surface area contributed by atoms with Crippen LogP contribution in [0, 0.1) is 0 Å². The molecule has 0 saturated carbocycles. The molecule has 0 saturated heterocycles. The average molecular weight is 252 g/mol. The van der Waals surface area contributed by atoms with Crippen molar-refractivity contribution < 1.29 is 14.3 Å². The largest absolute Gasteiger partial charge is 0.481 e. The zero-order chi connectivity index (χ0) is 12.3. The van der Waals surface area contributed by atoms with Crippen LogP contribution in [0.25, 0.3) is 10.8 Å². The Labute approximate surface area is 102 Å². The minimum absolute atomic E-state index is 0.00666. The molecule has 0 aliphatic rings. The fourth-order valence-corrected chi connectivity index (χ4v) is 2.38. The fourth-order valence-electron chi connectivity index (χ4n) is 1.46. The van der Waals surface area contributed by atoms with E-state index in [0.717, 1.165) is 11.3 Å². The molecule has 5 nitrogen and oxygen atoms in total. The van der Waals surface area contributed by atoms with E-state index in [2.05, 4.69) is 17.1 Å². The number of nitrogens with zero attached hydrogens (tertiary/aromatic N) is 2. The third-order valence-corrected chi connectivity index (χ3v) is 3.29. The second-order valence-corrected chi connectivity index (χ2v) is 4.44. The van der Waals surface area contributed by atoms with Gasteiger partial charge in [0.1, 0.15) is 0 Å². The van der Waals surface area contributed by atoms with Crippen molar-refractivity contribution in [3.8, 4) is 10.8 Å². The highest BCUT2D eigenvalue weighted by molar-refractivity contribution is 7.13. The lowest BCUT2D eigenvalue weighted by Crippen LogP contribution is -1.97. The van der Waals surface area contributed by atoms with Crippen molar-refractivity contribution in [1.82, 2.24) is 10.2 Å². The molecule has 0 aliphatic carbocycles. The molecule has 0 atom stereocenters. The van der Waals surface area contributed by atoms with Gasteiger partial charge in [-0.3, -0.25) is 4.79 Å². The molecule has 0 aliphatic heterocycles. The maximum atomic E-state index is 10.4. The SMILES string of the molecule is CCc1ccsc1-c1nnc(CCC(=O)O)o1. The van der Waals surface area contributed by atoms with Crippen molar-refractivity contribution in [3.05, 3.63) is 22.9 Å². The summed E-state index contributed by atoms with van der Waals surface area (Å²) in [6, 6.07) is 2.03. The van der Waals surface area contributed by atoms with Crippen molar-refractivity contribution in [2.24, 2.45) is 0 Å². The van der Waals surface area contributed by atoms with Gasteiger partial charge in [0.25, 0.3) is 5.89 Å². The van der Waals surface area contributed by atoms with Gasteiger partial charge >= 0.3 is 5.97 Å². The van der Waals surface area contributed by atoms with Crippen LogP contribution in [-0.2, 0) is 17.6 Å². The number of rotatable bonds is 5. The second-order valence-electron chi connectivity index (χ2n) is 3.52. The summed E-state index contributed by atoms with van der Waals surface area (Å²) in [6.45, 7) is 2.06. The van der Waals surface area contributed by atoms with Crippen LogP contribution < -0.4 is 0 Å². The maximum absolute atomic E-state index is 10.4. The molecule has 1 N–H and O–H groups in total. The molecule has 0 fully saturated rings. The van der Waals surface area contributed by atoms with Gasteiger partial charge < -0.3 is 9.52 Å². The third-order valence-electron chi connectivity index (χ3n) is 2.34. The van der Waals surface area contributed by atoms with E-state index in [0.29, 0.717) is 11.8 Å². The first-order valence-corrected chi connectivity index (χ1v) is 6.19.